The van der Waals surface area contributed by atoms with Gasteiger partial charge in [0.2, 0.25) is 0 Å². The van der Waals surface area contributed by atoms with Crippen LogP contribution in [0.1, 0.15) is 19.4 Å². The highest BCUT2D eigenvalue weighted by Gasteiger charge is 2.07. The molecule has 76 valence electrons. The highest BCUT2D eigenvalue weighted by Crippen LogP contribution is 2.13. The third-order valence-corrected chi connectivity index (χ3v) is 2.67. The van der Waals surface area contributed by atoms with E-state index in [4.69, 9.17) is 5.41 Å². The molecule has 2 nitrogen and oxygen atoms in total. The molecule has 0 aromatic heterocycles. The van der Waals surface area contributed by atoms with E-state index in [0.29, 0.717) is 5.84 Å². The normalized spacial score (nSPS) is 9.93. The lowest BCUT2D eigenvalue weighted by Crippen LogP contribution is -2.30. The molecule has 0 radical (unpaired) electrons. The molecule has 0 saturated heterocycles. The number of hydrogen-bond donors (Lipinski definition) is 1. The van der Waals surface area contributed by atoms with E-state index in [-0.39, 0.29) is 0 Å². The second-order valence-corrected chi connectivity index (χ2v) is 3.95. The Bertz CT molecular complexity index is 319. The number of halogens is 1. The van der Waals surface area contributed by atoms with Crippen LogP contribution in [0.25, 0.3) is 0 Å². The molecule has 1 rings (SSSR count). The second kappa shape index (κ2) is 5.15. The van der Waals surface area contributed by atoms with Gasteiger partial charge in [-0.15, -0.1) is 0 Å². The van der Waals surface area contributed by atoms with Crippen LogP contribution in [0.15, 0.2) is 28.7 Å². The zero-order valence-electron chi connectivity index (χ0n) is 8.55. The molecule has 0 heterocycles. The van der Waals surface area contributed by atoms with Crippen LogP contribution in [-0.2, 0) is 0 Å². The van der Waals surface area contributed by atoms with Gasteiger partial charge in [0, 0.05) is 23.1 Å². The van der Waals surface area contributed by atoms with Crippen molar-refractivity contribution in [2.45, 2.75) is 13.8 Å². The monoisotopic (exact) mass is 254 g/mol. The maximum Gasteiger partial charge on any atom is 0.128 e. The molecule has 1 N–H and O–H groups in total. The molecule has 1 aromatic rings. The molecular formula is C11H15BrN2. The van der Waals surface area contributed by atoms with E-state index < -0.39 is 0 Å². The van der Waals surface area contributed by atoms with Crippen molar-refractivity contribution < 1.29 is 0 Å². The Labute approximate surface area is 93.6 Å². The van der Waals surface area contributed by atoms with Crippen LogP contribution < -0.4 is 0 Å². The predicted molar refractivity (Wildman–Crippen MR) is 63.9 cm³/mol. The van der Waals surface area contributed by atoms with Crippen LogP contribution in [0.3, 0.4) is 0 Å². The summed E-state index contributed by atoms with van der Waals surface area (Å²) in [6.07, 6.45) is 0. The Morgan fingerprint density at radius 1 is 1.36 bits per heavy atom. The lowest BCUT2D eigenvalue weighted by Gasteiger charge is -2.21. The number of nitrogens with one attached hydrogen (secondary N) is 1. The van der Waals surface area contributed by atoms with E-state index in [2.05, 4.69) is 29.8 Å². The third-order valence-electron chi connectivity index (χ3n) is 2.18. The Morgan fingerprint density at radius 2 is 2.00 bits per heavy atom. The number of hydrogen-bond acceptors (Lipinski definition) is 1. The van der Waals surface area contributed by atoms with Crippen LogP contribution in [0, 0.1) is 5.41 Å². The maximum atomic E-state index is 7.99. The van der Waals surface area contributed by atoms with E-state index in [1.165, 1.54) is 0 Å². The fourth-order valence-corrected chi connectivity index (χ4v) is 1.76. The predicted octanol–water partition coefficient (Wildman–Crippen LogP) is 3.12. The summed E-state index contributed by atoms with van der Waals surface area (Å²) < 4.78 is 1.02. The van der Waals surface area contributed by atoms with E-state index in [1.807, 2.05) is 29.2 Å². The molecule has 0 amide bonds. The lowest BCUT2D eigenvalue weighted by atomic mass is 10.2. The van der Waals surface area contributed by atoms with Gasteiger partial charge >= 0.3 is 0 Å². The fourth-order valence-electron chi connectivity index (χ4n) is 1.36. The first-order valence-corrected chi connectivity index (χ1v) is 5.57. The molecular weight excluding hydrogens is 240 g/mol. The summed E-state index contributed by atoms with van der Waals surface area (Å²) in [6.45, 7) is 5.88. The third kappa shape index (κ3) is 2.58. The van der Waals surface area contributed by atoms with Crippen molar-refractivity contribution >= 4 is 21.8 Å². The summed E-state index contributed by atoms with van der Waals surface area (Å²) in [4.78, 5) is 2.03. The van der Waals surface area contributed by atoms with Crippen LogP contribution in [0.5, 0.6) is 0 Å². The molecule has 0 saturated carbocycles. The fraction of sp³-hybridized carbons (Fsp3) is 0.364. The first-order chi connectivity index (χ1) is 6.69. The summed E-state index contributed by atoms with van der Waals surface area (Å²) in [5.74, 6) is 0.594. The van der Waals surface area contributed by atoms with Crippen LogP contribution in [0.2, 0.25) is 0 Å². The quantitative estimate of drug-likeness (QED) is 0.652. The van der Waals surface area contributed by atoms with E-state index in [0.717, 1.165) is 23.1 Å². The van der Waals surface area contributed by atoms with Gasteiger partial charge in [-0.25, -0.2) is 0 Å². The molecule has 0 aliphatic heterocycles. The number of benzene rings is 1. The Morgan fingerprint density at radius 3 is 2.50 bits per heavy atom. The van der Waals surface area contributed by atoms with E-state index in [1.54, 1.807) is 0 Å². The molecule has 0 fully saturated rings. The smallest absolute Gasteiger partial charge is 0.128 e. The first-order valence-electron chi connectivity index (χ1n) is 4.78. The molecule has 0 atom stereocenters. The van der Waals surface area contributed by atoms with Gasteiger partial charge in [0.1, 0.15) is 5.84 Å². The number of rotatable bonds is 3. The highest BCUT2D eigenvalue weighted by atomic mass is 79.9. The van der Waals surface area contributed by atoms with Gasteiger partial charge in [0.15, 0.2) is 0 Å². The van der Waals surface area contributed by atoms with Gasteiger partial charge in [-0.2, -0.15) is 0 Å². The van der Waals surface area contributed by atoms with Crippen molar-refractivity contribution in [3.8, 4) is 0 Å². The molecule has 1 aromatic carbocycles. The molecule has 0 bridgehead atoms. The average molecular weight is 255 g/mol. The Kier molecular flexibility index (Phi) is 4.14. The maximum absolute atomic E-state index is 7.99. The largest absolute Gasteiger partial charge is 0.357 e. The number of nitrogens with zero attached hydrogens (tertiary/aromatic N) is 1. The Balaban J connectivity index is 2.88. The van der Waals surface area contributed by atoms with Gasteiger partial charge < -0.3 is 4.90 Å². The topological polar surface area (TPSA) is 27.1 Å². The van der Waals surface area contributed by atoms with Gasteiger partial charge in [-0.3, -0.25) is 5.41 Å². The summed E-state index contributed by atoms with van der Waals surface area (Å²) >= 11 is 3.41. The molecule has 0 aliphatic carbocycles. The zero-order chi connectivity index (χ0) is 10.6. The van der Waals surface area contributed by atoms with Gasteiger partial charge in [-0.05, 0) is 26.0 Å². The van der Waals surface area contributed by atoms with Crippen LogP contribution in [0.4, 0.5) is 0 Å². The van der Waals surface area contributed by atoms with E-state index in [9.17, 15) is 0 Å². The van der Waals surface area contributed by atoms with Crippen molar-refractivity contribution in [2.24, 2.45) is 0 Å². The van der Waals surface area contributed by atoms with Crippen molar-refractivity contribution in [1.29, 1.82) is 5.41 Å². The van der Waals surface area contributed by atoms with Crippen molar-refractivity contribution in [1.82, 2.24) is 4.90 Å². The zero-order valence-corrected chi connectivity index (χ0v) is 10.1. The Hall–Kier alpha value is -0.830. The highest BCUT2D eigenvalue weighted by molar-refractivity contribution is 9.10. The first kappa shape index (κ1) is 11.2. The minimum absolute atomic E-state index is 0.594. The van der Waals surface area contributed by atoms with Crippen molar-refractivity contribution in [3.05, 3.63) is 34.3 Å². The summed E-state index contributed by atoms with van der Waals surface area (Å²) in [5.41, 5.74) is 0.961. The van der Waals surface area contributed by atoms with Gasteiger partial charge in [-0.1, -0.05) is 28.1 Å². The average Bonchev–Trinajstić information content (AvgIpc) is 2.19. The second-order valence-electron chi connectivity index (χ2n) is 3.03. The molecule has 0 unspecified atom stereocenters. The number of amidine groups is 1. The summed E-state index contributed by atoms with van der Waals surface area (Å²) in [5, 5.41) is 7.99. The standard InChI is InChI=1S/C11H15BrN2/c1-3-14(4-2)11(13)9-6-5-7-10(12)8-9/h5-8,13H,3-4H2,1-2H3. The molecule has 0 spiro atoms. The van der Waals surface area contributed by atoms with E-state index >= 15 is 0 Å². The minimum atomic E-state index is 0.594. The molecule has 3 heteroatoms. The summed E-state index contributed by atoms with van der Waals surface area (Å²) in [7, 11) is 0. The minimum Gasteiger partial charge on any atom is -0.357 e. The van der Waals surface area contributed by atoms with Gasteiger partial charge in [0.25, 0.3) is 0 Å². The molecule has 14 heavy (non-hydrogen) atoms. The van der Waals surface area contributed by atoms with Crippen LogP contribution in [-0.4, -0.2) is 23.8 Å². The lowest BCUT2D eigenvalue weighted by molar-refractivity contribution is 0.463. The SMILES string of the molecule is CCN(CC)C(=N)c1cccc(Br)c1. The van der Waals surface area contributed by atoms with Gasteiger partial charge in [0.05, 0.1) is 0 Å². The van der Waals surface area contributed by atoms with Crippen LogP contribution >= 0.6 is 15.9 Å². The molecule has 0 aliphatic rings. The summed E-state index contributed by atoms with van der Waals surface area (Å²) in [6, 6.07) is 7.86. The van der Waals surface area contributed by atoms with Crippen molar-refractivity contribution in [3.63, 3.8) is 0 Å². The van der Waals surface area contributed by atoms with Crippen molar-refractivity contribution in [2.75, 3.05) is 13.1 Å².